The summed E-state index contributed by atoms with van der Waals surface area (Å²) in [5.41, 5.74) is 1.98. The van der Waals surface area contributed by atoms with Gasteiger partial charge in [0.15, 0.2) is 0 Å². The lowest BCUT2D eigenvalue weighted by Gasteiger charge is -2.34. The summed E-state index contributed by atoms with van der Waals surface area (Å²) in [6, 6.07) is 7.59. The lowest BCUT2D eigenvalue weighted by atomic mass is 10.1. The number of benzene rings is 1. The highest BCUT2D eigenvalue weighted by molar-refractivity contribution is 5.89. The molecule has 0 unspecified atom stereocenters. The molecule has 7 nitrogen and oxygen atoms in total. The number of aryl methyl sites for hydroxylation is 1. The normalized spacial score (nSPS) is 16.8. The molecule has 0 saturated carbocycles. The third-order valence-corrected chi connectivity index (χ3v) is 4.56. The molecule has 1 saturated heterocycles. The zero-order chi connectivity index (χ0) is 17.1. The van der Waals surface area contributed by atoms with Gasteiger partial charge in [-0.05, 0) is 42.7 Å². The molecule has 7 heteroatoms. The Balaban J connectivity index is 1.35. The van der Waals surface area contributed by atoms with E-state index in [0.29, 0.717) is 13.1 Å². The van der Waals surface area contributed by atoms with Crippen molar-refractivity contribution < 1.29 is 9.53 Å². The molecular weight excluding hydrogens is 318 g/mol. The fraction of sp³-hybridized carbons (Fsp3) is 0.389. The number of carbonyl (C=O) groups is 1. The van der Waals surface area contributed by atoms with Crippen LogP contribution in [0, 0.1) is 0 Å². The molecular formula is C18H21N5O2. The van der Waals surface area contributed by atoms with Crippen LogP contribution in [0.5, 0.6) is 5.75 Å². The van der Waals surface area contributed by atoms with Crippen molar-refractivity contribution >= 4 is 17.7 Å². The molecule has 130 valence electrons. The number of hydrogen-bond acceptors (Lipinski definition) is 5. The van der Waals surface area contributed by atoms with Gasteiger partial charge in [0.05, 0.1) is 6.61 Å². The van der Waals surface area contributed by atoms with Crippen molar-refractivity contribution in [1.82, 2.24) is 14.9 Å². The number of hydrogen-bond donors (Lipinski definition) is 1. The number of ether oxygens (including phenoxy) is 1. The van der Waals surface area contributed by atoms with Crippen LogP contribution >= 0.6 is 0 Å². The number of nitrogens with zero attached hydrogens (tertiary/aromatic N) is 4. The minimum Gasteiger partial charge on any atom is -0.493 e. The summed E-state index contributed by atoms with van der Waals surface area (Å²) in [4.78, 5) is 25.0. The van der Waals surface area contributed by atoms with Crippen LogP contribution in [0.15, 0.2) is 36.7 Å². The molecule has 2 aliphatic heterocycles. The predicted molar refractivity (Wildman–Crippen MR) is 95.1 cm³/mol. The molecule has 2 aromatic rings. The van der Waals surface area contributed by atoms with Gasteiger partial charge in [0, 0.05) is 44.3 Å². The SMILES string of the molecule is O=C(Nc1ccc2c(c1)CCCO2)N1CCN(c2ncccn2)CC1. The van der Waals surface area contributed by atoms with Crippen LogP contribution in [0.2, 0.25) is 0 Å². The lowest BCUT2D eigenvalue weighted by molar-refractivity contribution is 0.208. The van der Waals surface area contributed by atoms with Crippen molar-refractivity contribution in [2.24, 2.45) is 0 Å². The molecule has 4 rings (SSSR count). The molecule has 2 aliphatic rings. The Morgan fingerprint density at radius 2 is 1.92 bits per heavy atom. The first-order valence-electron chi connectivity index (χ1n) is 8.63. The van der Waals surface area contributed by atoms with Crippen molar-refractivity contribution in [3.05, 3.63) is 42.2 Å². The van der Waals surface area contributed by atoms with Crippen LogP contribution in [0.1, 0.15) is 12.0 Å². The Bertz CT molecular complexity index is 744. The molecule has 2 amide bonds. The van der Waals surface area contributed by atoms with Gasteiger partial charge in [-0.15, -0.1) is 0 Å². The second-order valence-electron chi connectivity index (χ2n) is 6.23. The van der Waals surface area contributed by atoms with E-state index in [9.17, 15) is 4.79 Å². The number of amides is 2. The standard InChI is InChI=1S/C18H21N5O2/c24-18(21-15-4-5-16-14(13-15)3-1-12-25-16)23-10-8-22(9-11-23)17-19-6-2-7-20-17/h2,4-7,13H,1,3,8-12H2,(H,21,24). The van der Waals surface area contributed by atoms with Crippen LogP contribution in [-0.4, -0.2) is 53.7 Å². The highest BCUT2D eigenvalue weighted by Gasteiger charge is 2.22. The Hall–Kier alpha value is -2.83. The van der Waals surface area contributed by atoms with Gasteiger partial charge in [-0.1, -0.05) is 0 Å². The van der Waals surface area contributed by atoms with E-state index in [1.807, 2.05) is 23.1 Å². The second-order valence-corrected chi connectivity index (χ2v) is 6.23. The van der Waals surface area contributed by atoms with Crippen LogP contribution < -0.4 is 15.0 Å². The van der Waals surface area contributed by atoms with Gasteiger partial charge in [-0.2, -0.15) is 0 Å². The highest BCUT2D eigenvalue weighted by Crippen LogP contribution is 2.27. The molecule has 3 heterocycles. The Labute approximate surface area is 146 Å². The summed E-state index contributed by atoms with van der Waals surface area (Å²) in [5, 5.41) is 3.00. The van der Waals surface area contributed by atoms with Gasteiger partial charge in [-0.25, -0.2) is 14.8 Å². The van der Waals surface area contributed by atoms with Crippen molar-refractivity contribution in [3.8, 4) is 5.75 Å². The molecule has 1 N–H and O–H groups in total. The Morgan fingerprint density at radius 1 is 1.12 bits per heavy atom. The molecule has 25 heavy (non-hydrogen) atoms. The van der Waals surface area contributed by atoms with E-state index in [1.54, 1.807) is 18.5 Å². The summed E-state index contributed by atoms with van der Waals surface area (Å²) < 4.78 is 5.61. The second kappa shape index (κ2) is 6.96. The first-order chi connectivity index (χ1) is 12.3. The minimum absolute atomic E-state index is 0.0645. The smallest absolute Gasteiger partial charge is 0.321 e. The van der Waals surface area contributed by atoms with Gasteiger partial charge in [0.25, 0.3) is 0 Å². The van der Waals surface area contributed by atoms with E-state index in [4.69, 9.17) is 4.74 Å². The van der Waals surface area contributed by atoms with E-state index in [0.717, 1.165) is 55.5 Å². The summed E-state index contributed by atoms with van der Waals surface area (Å²) in [7, 11) is 0. The van der Waals surface area contributed by atoms with Crippen LogP contribution in [0.25, 0.3) is 0 Å². The maximum Gasteiger partial charge on any atom is 0.321 e. The average Bonchev–Trinajstić information content (AvgIpc) is 2.69. The topological polar surface area (TPSA) is 70.6 Å². The van der Waals surface area contributed by atoms with Gasteiger partial charge < -0.3 is 19.9 Å². The van der Waals surface area contributed by atoms with Gasteiger partial charge in [0.2, 0.25) is 5.95 Å². The van der Waals surface area contributed by atoms with Crippen molar-refractivity contribution in [2.75, 3.05) is 43.0 Å². The first kappa shape index (κ1) is 15.7. The molecule has 0 bridgehead atoms. The van der Waals surface area contributed by atoms with E-state index in [1.165, 1.54) is 0 Å². The fourth-order valence-corrected chi connectivity index (χ4v) is 3.20. The largest absolute Gasteiger partial charge is 0.493 e. The Morgan fingerprint density at radius 3 is 2.72 bits per heavy atom. The van der Waals surface area contributed by atoms with Crippen molar-refractivity contribution in [3.63, 3.8) is 0 Å². The Kier molecular flexibility index (Phi) is 4.37. The van der Waals surface area contributed by atoms with E-state index >= 15 is 0 Å². The van der Waals surface area contributed by atoms with Crippen LogP contribution in [0.4, 0.5) is 16.4 Å². The zero-order valence-corrected chi connectivity index (χ0v) is 14.0. The first-order valence-corrected chi connectivity index (χ1v) is 8.63. The van der Waals surface area contributed by atoms with E-state index in [-0.39, 0.29) is 6.03 Å². The molecule has 1 aromatic heterocycles. The summed E-state index contributed by atoms with van der Waals surface area (Å²) in [6.07, 6.45) is 5.49. The molecule has 0 radical (unpaired) electrons. The van der Waals surface area contributed by atoms with E-state index in [2.05, 4.69) is 20.2 Å². The molecule has 1 aromatic carbocycles. The molecule has 0 spiro atoms. The fourth-order valence-electron chi connectivity index (χ4n) is 3.20. The molecule has 0 atom stereocenters. The number of piperazine rings is 1. The maximum absolute atomic E-state index is 12.5. The number of anilines is 2. The number of carbonyl (C=O) groups excluding carboxylic acids is 1. The predicted octanol–water partition coefficient (Wildman–Crippen LogP) is 2.16. The van der Waals surface area contributed by atoms with Crippen molar-refractivity contribution in [1.29, 1.82) is 0 Å². The van der Waals surface area contributed by atoms with Gasteiger partial charge >= 0.3 is 6.03 Å². The summed E-state index contributed by atoms with van der Waals surface area (Å²) in [5.74, 6) is 1.65. The van der Waals surface area contributed by atoms with Gasteiger partial charge in [-0.3, -0.25) is 0 Å². The monoisotopic (exact) mass is 339 g/mol. The number of rotatable bonds is 2. The lowest BCUT2D eigenvalue weighted by Crippen LogP contribution is -2.50. The maximum atomic E-state index is 12.5. The number of fused-ring (bicyclic) bond motifs is 1. The van der Waals surface area contributed by atoms with Crippen LogP contribution in [0.3, 0.4) is 0 Å². The summed E-state index contributed by atoms with van der Waals surface area (Å²) in [6.45, 7) is 3.54. The van der Waals surface area contributed by atoms with Gasteiger partial charge in [0.1, 0.15) is 5.75 Å². The number of nitrogens with one attached hydrogen (secondary N) is 1. The highest BCUT2D eigenvalue weighted by atomic mass is 16.5. The third kappa shape index (κ3) is 3.50. The minimum atomic E-state index is -0.0645. The third-order valence-electron chi connectivity index (χ3n) is 4.56. The van der Waals surface area contributed by atoms with Crippen molar-refractivity contribution in [2.45, 2.75) is 12.8 Å². The number of urea groups is 1. The molecule has 1 fully saturated rings. The average molecular weight is 339 g/mol. The quantitative estimate of drug-likeness (QED) is 0.908. The molecule has 0 aliphatic carbocycles. The van der Waals surface area contributed by atoms with E-state index < -0.39 is 0 Å². The number of aromatic nitrogens is 2. The van der Waals surface area contributed by atoms with Crippen LogP contribution in [-0.2, 0) is 6.42 Å². The summed E-state index contributed by atoms with van der Waals surface area (Å²) >= 11 is 0. The zero-order valence-electron chi connectivity index (χ0n) is 14.0.